The first-order valence-electron chi connectivity index (χ1n) is 10.4. The first-order chi connectivity index (χ1) is 15.3. The number of halogens is 3. The van der Waals surface area contributed by atoms with Crippen molar-refractivity contribution in [1.82, 2.24) is 14.8 Å². The van der Waals surface area contributed by atoms with Gasteiger partial charge in [-0.1, -0.05) is 6.07 Å². The van der Waals surface area contributed by atoms with E-state index in [1.165, 1.54) is 13.2 Å². The van der Waals surface area contributed by atoms with E-state index in [4.69, 9.17) is 10.5 Å². The Morgan fingerprint density at radius 1 is 1.25 bits per heavy atom. The molecule has 0 atom stereocenters. The van der Waals surface area contributed by atoms with Crippen LogP contribution in [0.5, 0.6) is 5.75 Å². The van der Waals surface area contributed by atoms with Crippen LogP contribution in [0.15, 0.2) is 36.5 Å². The Morgan fingerprint density at radius 3 is 2.66 bits per heavy atom. The summed E-state index contributed by atoms with van der Waals surface area (Å²) >= 11 is 0. The Labute approximate surface area is 182 Å². The molecular formula is C22H24F3N5O2. The number of amides is 1. The van der Waals surface area contributed by atoms with Crippen LogP contribution in [0.2, 0.25) is 0 Å². The number of fused-ring (bicyclic) bond motifs is 1. The summed E-state index contributed by atoms with van der Waals surface area (Å²) < 4.78 is 46.1. The van der Waals surface area contributed by atoms with Crippen LogP contribution < -0.4 is 15.8 Å². The van der Waals surface area contributed by atoms with Crippen LogP contribution in [0.3, 0.4) is 0 Å². The monoisotopic (exact) mass is 447 g/mol. The van der Waals surface area contributed by atoms with Crippen LogP contribution >= 0.6 is 0 Å². The molecule has 10 heteroatoms. The second kappa shape index (κ2) is 8.78. The summed E-state index contributed by atoms with van der Waals surface area (Å²) in [6, 6.07) is 6.88. The van der Waals surface area contributed by atoms with Gasteiger partial charge >= 0.3 is 6.18 Å². The maximum atomic E-state index is 12.9. The number of rotatable bonds is 5. The summed E-state index contributed by atoms with van der Waals surface area (Å²) in [7, 11) is 1.45. The summed E-state index contributed by atoms with van der Waals surface area (Å²) in [6.07, 6.45) is 1.40. The number of hydrogen-bond donors (Lipinski definition) is 2. The minimum Gasteiger partial charge on any atom is -0.494 e. The molecule has 0 bridgehead atoms. The highest BCUT2D eigenvalue weighted by Gasteiger charge is 2.33. The average molecular weight is 447 g/mol. The fraction of sp³-hybridized carbons (Fsp3) is 0.409. The molecule has 3 aromatic rings. The molecule has 2 heterocycles. The van der Waals surface area contributed by atoms with Gasteiger partial charge in [0, 0.05) is 17.6 Å². The van der Waals surface area contributed by atoms with Crippen molar-refractivity contribution in [3.05, 3.63) is 47.9 Å². The van der Waals surface area contributed by atoms with Gasteiger partial charge in [0.25, 0.3) is 5.91 Å². The Balaban J connectivity index is 1.58. The third-order valence-corrected chi connectivity index (χ3v) is 5.89. The van der Waals surface area contributed by atoms with Gasteiger partial charge in [-0.3, -0.25) is 9.48 Å². The molecule has 1 aromatic carbocycles. The minimum absolute atomic E-state index is 0.281. The van der Waals surface area contributed by atoms with Gasteiger partial charge in [0.1, 0.15) is 17.1 Å². The van der Waals surface area contributed by atoms with Gasteiger partial charge in [-0.2, -0.15) is 18.3 Å². The van der Waals surface area contributed by atoms with Crippen molar-refractivity contribution in [3.63, 3.8) is 0 Å². The van der Waals surface area contributed by atoms with Gasteiger partial charge in [0.2, 0.25) is 0 Å². The number of anilines is 1. The van der Waals surface area contributed by atoms with Gasteiger partial charge in [-0.05, 0) is 56.3 Å². The second-order valence-corrected chi connectivity index (χ2v) is 7.99. The van der Waals surface area contributed by atoms with Crippen LogP contribution in [0, 0.1) is 5.92 Å². The number of nitrogens with zero attached hydrogens (tertiary/aromatic N) is 3. The number of nitrogens with two attached hydrogens (primary N) is 1. The maximum absolute atomic E-state index is 12.9. The van der Waals surface area contributed by atoms with Crippen molar-refractivity contribution in [1.29, 1.82) is 0 Å². The number of aromatic nitrogens is 3. The average Bonchev–Trinajstić information content (AvgIpc) is 3.21. The van der Waals surface area contributed by atoms with E-state index in [2.05, 4.69) is 15.4 Å². The lowest BCUT2D eigenvalue weighted by Crippen LogP contribution is -2.23. The van der Waals surface area contributed by atoms with E-state index in [1.54, 1.807) is 12.1 Å². The zero-order valence-corrected chi connectivity index (χ0v) is 17.5. The third kappa shape index (κ3) is 4.55. The standard InChI is InChI=1S/C22H24F3N5O2/c1-32-19-10-17-14(12-30(29-17)15-7-5-13(11-26)6-8-15)9-18(19)28-21(31)16-3-2-4-20(27-16)22(23,24)25/h2-4,9-10,12-13,15H,5-8,11,26H2,1H3,(H,28,31). The van der Waals surface area contributed by atoms with Crippen LogP contribution in [0.1, 0.15) is 47.9 Å². The van der Waals surface area contributed by atoms with E-state index in [9.17, 15) is 18.0 Å². The molecule has 3 N–H and O–H groups in total. The van der Waals surface area contributed by atoms with Gasteiger partial charge in [0.15, 0.2) is 0 Å². The van der Waals surface area contributed by atoms with Crippen LogP contribution in [0.4, 0.5) is 18.9 Å². The van der Waals surface area contributed by atoms with Crippen molar-refractivity contribution in [2.75, 3.05) is 19.0 Å². The first-order valence-corrected chi connectivity index (χ1v) is 10.4. The molecule has 0 radical (unpaired) electrons. The number of ether oxygens (including phenoxy) is 1. The molecule has 0 spiro atoms. The fourth-order valence-electron chi connectivity index (χ4n) is 4.08. The van der Waals surface area contributed by atoms with Gasteiger partial charge in [-0.25, -0.2) is 4.98 Å². The smallest absolute Gasteiger partial charge is 0.433 e. The molecule has 1 fully saturated rings. The van der Waals surface area contributed by atoms with Crippen LogP contribution in [-0.4, -0.2) is 34.3 Å². The predicted octanol–water partition coefficient (Wildman–Crippen LogP) is 4.40. The number of nitrogens with one attached hydrogen (secondary N) is 1. The zero-order valence-electron chi connectivity index (χ0n) is 17.5. The summed E-state index contributed by atoms with van der Waals surface area (Å²) in [5, 5.41) is 8.07. The highest BCUT2D eigenvalue weighted by molar-refractivity contribution is 6.05. The predicted molar refractivity (Wildman–Crippen MR) is 114 cm³/mol. The van der Waals surface area contributed by atoms with E-state index in [1.807, 2.05) is 10.9 Å². The SMILES string of the molecule is COc1cc2nn(C3CCC(CN)CC3)cc2cc1NC(=O)c1cccc(C(F)(F)F)n1. The lowest BCUT2D eigenvalue weighted by atomic mass is 9.86. The number of benzene rings is 1. The summed E-state index contributed by atoms with van der Waals surface area (Å²) in [5.74, 6) is 0.152. The first kappa shape index (κ1) is 22.1. The van der Waals surface area contributed by atoms with Crippen LogP contribution in [-0.2, 0) is 6.18 Å². The lowest BCUT2D eigenvalue weighted by Gasteiger charge is -2.27. The van der Waals surface area contributed by atoms with Crippen LogP contribution in [0.25, 0.3) is 10.9 Å². The molecule has 4 rings (SSSR count). The van der Waals surface area contributed by atoms with Gasteiger partial charge in [-0.15, -0.1) is 0 Å². The molecular weight excluding hydrogens is 423 g/mol. The number of carbonyl (C=O) groups excluding carboxylic acids is 1. The highest BCUT2D eigenvalue weighted by Crippen LogP contribution is 2.35. The molecule has 0 saturated heterocycles. The van der Waals surface area contributed by atoms with E-state index in [0.717, 1.165) is 43.2 Å². The summed E-state index contributed by atoms with van der Waals surface area (Å²) in [6.45, 7) is 0.703. The number of alkyl halides is 3. The van der Waals surface area contributed by atoms with E-state index in [0.29, 0.717) is 29.4 Å². The van der Waals surface area contributed by atoms with E-state index >= 15 is 0 Å². The normalized spacial score (nSPS) is 19.2. The van der Waals surface area contributed by atoms with Crippen molar-refractivity contribution in [2.24, 2.45) is 11.7 Å². The summed E-state index contributed by atoms with van der Waals surface area (Å²) in [4.78, 5) is 16.0. The lowest BCUT2D eigenvalue weighted by molar-refractivity contribution is -0.141. The van der Waals surface area contributed by atoms with E-state index < -0.39 is 17.8 Å². The Morgan fingerprint density at radius 2 is 2.00 bits per heavy atom. The molecule has 0 unspecified atom stereocenters. The van der Waals surface area contributed by atoms with Crippen molar-refractivity contribution >= 4 is 22.5 Å². The fourth-order valence-corrected chi connectivity index (χ4v) is 4.08. The maximum Gasteiger partial charge on any atom is 0.433 e. The van der Waals surface area contributed by atoms with Gasteiger partial charge < -0.3 is 15.8 Å². The Bertz CT molecular complexity index is 1120. The molecule has 1 saturated carbocycles. The molecule has 0 aliphatic heterocycles. The second-order valence-electron chi connectivity index (χ2n) is 7.99. The molecule has 1 aliphatic rings. The highest BCUT2D eigenvalue weighted by atomic mass is 19.4. The van der Waals surface area contributed by atoms with E-state index in [-0.39, 0.29) is 11.7 Å². The number of methoxy groups -OCH3 is 1. The molecule has 32 heavy (non-hydrogen) atoms. The zero-order chi connectivity index (χ0) is 22.9. The quantitative estimate of drug-likeness (QED) is 0.605. The molecule has 2 aromatic heterocycles. The molecule has 7 nitrogen and oxygen atoms in total. The molecule has 170 valence electrons. The molecule has 1 amide bonds. The van der Waals surface area contributed by atoms with Gasteiger partial charge in [0.05, 0.1) is 24.4 Å². The Hall–Kier alpha value is -3.14. The van der Waals surface area contributed by atoms with Crippen molar-refractivity contribution < 1.29 is 22.7 Å². The molecule has 1 aliphatic carbocycles. The topological polar surface area (TPSA) is 95.1 Å². The van der Waals surface area contributed by atoms with Crippen molar-refractivity contribution in [3.8, 4) is 5.75 Å². The minimum atomic E-state index is -4.63. The number of hydrogen-bond acceptors (Lipinski definition) is 5. The Kier molecular flexibility index (Phi) is 6.05. The number of carbonyl (C=O) groups is 1. The largest absolute Gasteiger partial charge is 0.494 e. The third-order valence-electron chi connectivity index (χ3n) is 5.89. The summed E-state index contributed by atoms with van der Waals surface area (Å²) in [5.41, 5.74) is 5.35. The van der Waals surface area contributed by atoms with Crippen molar-refractivity contribution in [2.45, 2.75) is 37.9 Å². The number of pyridine rings is 1.